The van der Waals surface area contributed by atoms with Gasteiger partial charge in [0, 0.05) is 14.2 Å². The van der Waals surface area contributed by atoms with Gasteiger partial charge in [-0.25, -0.2) is 0 Å². The van der Waals surface area contributed by atoms with Crippen LogP contribution in [0.3, 0.4) is 0 Å². The first-order chi connectivity index (χ1) is 7.53. The maximum atomic E-state index is 5.03. The molecule has 96 valence electrons. The summed E-state index contributed by atoms with van der Waals surface area (Å²) in [5.74, 6) is 0.652. The van der Waals surface area contributed by atoms with E-state index >= 15 is 0 Å². The topological polar surface area (TPSA) is 36.9 Å². The molecule has 0 aromatic heterocycles. The SMILES string of the molecule is C=C[Si](C)(OC)OC.COC(=C[SiH2]C)OC. The summed E-state index contributed by atoms with van der Waals surface area (Å²) in [4.78, 5) is 0. The van der Waals surface area contributed by atoms with Crippen molar-refractivity contribution in [2.24, 2.45) is 0 Å². The molecule has 0 amide bonds. The zero-order chi connectivity index (χ0) is 13.0. The lowest BCUT2D eigenvalue weighted by Crippen LogP contribution is -2.33. The van der Waals surface area contributed by atoms with Crippen LogP contribution < -0.4 is 0 Å². The summed E-state index contributed by atoms with van der Waals surface area (Å²) in [6, 6.07) is 0. The van der Waals surface area contributed by atoms with Crippen molar-refractivity contribution in [1.82, 2.24) is 0 Å². The molecule has 0 N–H and O–H groups in total. The minimum atomic E-state index is -1.91. The first kappa shape index (κ1) is 17.8. The van der Waals surface area contributed by atoms with Crippen LogP contribution in [-0.2, 0) is 18.3 Å². The third kappa shape index (κ3) is 8.72. The fourth-order valence-electron chi connectivity index (χ4n) is 0.667. The van der Waals surface area contributed by atoms with Gasteiger partial charge in [0.05, 0.1) is 23.7 Å². The summed E-state index contributed by atoms with van der Waals surface area (Å²) in [5.41, 5.74) is 3.76. The molecule has 0 fully saturated rings. The third-order valence-corrected chi connectivity index (χ3v) is 5.06. The summed E-state index contributed by atoms with van der Waals surface area (Å²) in [6.45, 7) is 7.68. The van der Waals surface area contributed by atoms with Gasteiger partial charge in [0.15, 0.2) is 0 Å². The number of methoxy groups -OCH3 is 2. The smallest absolute Gasteiger partial charge is 0.360 e. The van der Waals surface area contributed by atoms with Gasteiger partial charge in [-0.15, -0.1) is 6.58 Å². The lowest BCUT2D eigenvalue weighted by atomic mass is 11.0. The van der Waals surface area contributed by atoms with Crippen molar-refractivity contribution in [3.63, 3.8) is 0 Å². The van der Waals surface area contributed by atoms with E-state index < -0.39 is 8.56 Å². The van der Waals surface area contributed by atoms with E-state index in [4.69, 9.17) is 18.3 Å². The maximum absolute atomic E-state index is 5.03. The molecule has 4 nitrogen and oxygen atoms in total. The standard InChI is InChI=1S/2C5H12O2Si/c1-6-5(7-2)4-8-3;1-5-8(4,6-2)7-3/h4H,8H2,1-3H3;5H,1H2,2-4H3. The Morgan fingerprint density at radius 2 is 1.56 bits per heavy atom. The zero-order valence-corrected chi connectivity index (χ0v) is 13.6. The summed E-state index contributed by atoms with van der Waals surface area (Å²) in [7, 11) is 4.52. The molecule has 0 aromatic rings. The highest BCUT2D eigenvalue weighted by molar-refractivity contribution is 6.71. The van der Waals surface area contributed by atoms with E-state index in [9.17, 15) is 0 Å². The predicted molar refractivity (Wildman–Crippen MR) is 72.3 cm³/mol. The first-order valence-corrected chi connectivity index (χ1v) is 9.68. The van der Waals surface area contributed by atoms with E-state index in [0.717, 1.165) is 0 Å². The molecule has 0 spiro atoms. The van der Waals surface area contributed by atoms with Gasteiger partial charge in [0.1, 0.15) is 0 Å². The van der Waals surface area contributed by atoms with Gasteiger partial charge >= 0.3 is 8.56 Å². The molecular weight excluding hydrogens is 240 g/mol. The van der Waals surface area contributed by atoms with Crippen molar-refractivity contribution in [2.75, 3.05) is 28.4 Å². The molecule has 0 unspecified atom stereocenters. The molecule has 0 saturated heterocycles. The van der Waals surface area contributed by atoms with Crippen LogP contribution >= 0.6 is 0 Å². The second-order valence-corrected chi connectivity index (χ2v) is 7.45. The van der Waals surface area contributed by atoms with E-state index in [1.54, 1.807) is 34.1 Å². The number of ether oxygens (including phenoxy) is 2. The summed E-state index contributed by atoms with van der Waals surface area (Å²) in [5, 5.41) is 0. The van der Waals surface area contributed by atoms with Gasteiger partial charge in [-0.1, -0.05) is 6.55 Å². The lowest BCUT2D eigenvalue weighted by molar-refractivity contribution is 0.0964. The maximum Gasteiger partial charge on any atom is 0.360 e. The molecule has 0 heterocycles. The van der Waals surface area contributed by atoms with E-state index in [-0.39, 0.29) is 9.52 Å². The minimum Gasteiger partial charge on any atom is -0.469 e. The molecule has 6 heteroatoms. The predicted octanol–water partition coefficient (Wildman–Crippen LogP) is 1.37. The van der Waals surface area contributed by atoms with E-state index in [1.807, 2.05) is 12.2 Å². The second kappa shape index (κ2) is 10.9. The van der Waals surface area contributed by atoms with Crippen LogP contribution in [0, 0.1) is 0 Å². The van der Waals surface area contributed by atoms with Gasteiger partial charge in [0.25, 0.3) is 5.95 Å². The van der Waals surface area contributed by atoms with Crippen LogP contribution in [0.1, 0.15) is 0 Å². The van der Waals surface area contributed by atoms with Crippen molar-refractivity contribution in [2.45, 2.75) is 13.1 Å². The van der Waals surface area contributed by atoms with E-state index in [1.165, 1.54) is 0 Å². The van der Waals surface area contributed by atoms with Gasteiger partial charge in [-0.2, -0.15) is 0 Å². The molecule has 0 atom stereocenters. The molecule has 0 aliphatic rings. The molecule has 0 aliphatic carbocycles. The summed E-state index contributed by atoms with van der Waals surface area (Å²) >= 11 is 0. The van der Waals surface area contributed by atoms with Crippen molar-refractivity contribution in [3.05, 3.63) is 23.9 Å². The Morgan fingerprint density at radius 1 is 1.12 bits per heavy atom. The molecule has 0 aliphatic heterocycles. The van der Waals surface area contributed by atoms with Crippen LogP contribution in [0.15, 0.2) is 23.9 Å². The van der Waals surface area contributed by atoms with Crippen LogP contribution in [0.2, 0.25) is 13.1 Å². The highest BCUT2D eigenvalue weighted by atomic mass is 28.4. The minimum absolute atomic E-state index is 0.0675. The van der Waals surface area contributed by atoms with Crippen LogP contribution in [-0.4, -0.2) is 46.5 Å². The summed E-state index contributed by atoms with van der Waals surface area (Å²) < 4.78 is 19.7. The molecule has 16 heavy (non-hydrogen) atoms. The Hall–Kier alpha value is -0.566. The molecule has 0 radical (unpaired) electrons. The Labute approximate surface area is 102 Å². The Balaban J connectivity index is 0. The monoisotopic (exact) mass is 264 g/mol. The van der Waals surface area contributed by atoms with Crippen molar-refractivity contribution < 1.29 is 18.3 Å². The molecule has 0 saturated carbocycles. The largest absolute Gasteiger partial charge is 0.469 e. The fourth-order valence-corrected chi connectivity index (χ4v) is 1.83. The van der Waals surface area contributed by atoms with Gasteiger partial charge in [0.2, 0.25) is 0 Å². The summed E-state index contributed by atoms with van der Waals surface area (Å²) in [6.07, 6.45) is 0. The quantitative estimate of drug-likeness (QED) is 0.536. The second-order valence-electron chi connectivity index (χ2n) is 2.97. The molecule has 0 aromatic carbocycles. The Bertz CT molecular complexity index is 197. The van der Waals surface area contributed by atoms with Crippen LogP contribution in [0.4, 0.5) is 0 Å². The lowest BCUT2D eigenvalue weighted by Gasteiger charge is -2.16. The zero-order valence-electron chi connectivity index (χ0n) is 11.2. The van der Waals surface area contributed by atoms with E-state index in [0.29, 0.717) is 5.95 Å². The third-order valence-electron chi connectivity index (χ3n) is 1.95. The number of hydrogen-bond donors (Lipinski definition) is 0. The normalized spacial score (nSPS) is 10.4. The van der Waals surface area contributed by atoms with Gasteiger partial charge in [-0.3, -0.25) is 0 Å². The Kier molecular flexibility index (Phi) is 12.2. The van der Waals surface area contributed by atoms with Crippen molar-refractivity contribution in [3.8, 4) is 0 Å². The van der Waals surface area contributed by atoms with Gasteiger partial charge < -0.3 is 18.3 Å². The van der Waals surface area contributed by atoms with Crippen LogP contribution in [0.25, 0.3) is 0 Å². The van der Waals surface area contributed by atoms with Gasteiger partial charge in [-0.05, 0) is 17.9 Å². The highest BCUT2D eigenvalue weighted by Gasteiger charge is 2.22. The van der Waals surface area contributed by atoms with Crippen LogP contribution in [0.5, 0.6) is 0 Å². The molecule has 0 rings (SSSR count). The van der Waals surface area contributed by atoms with E-state index in [2.05, 4.69) is 13.1 Å². The average molecular weight is 264 g/mol. The first-order valence-electron chi connectivity index (χ1n) is 5.05. The highest BCUT2D eigenvalue weighted by Crippen LogP contribution is 2.02. The average Bonchev–Trinajstić information content (AvgIpc) is 2.35. The van der Waals surface area contributed by atoms with Crippen molar-refractivity contribution >= 4 is 18.1 Å². The number of hydrogen-bond acceptors (Lipinski definition) is 4. The number of rotatable bonds is 6. The molecule has 0 bridgehead atoms. The fraction of sp³-hybridized carbons (Fsp3) is 0.600. The van der Waals surface area contributed by atoms with Crippen molar-refractivity contribution in [1.29, 1.82) is 0 Å². The molecular formula is C10H24O4Si2. The Morgan fingerprint density at radius 3 is 1.62 bits per heavy atom.